The largest absolute Gasteiger partial charge is 0.496 e. The summed E-state index contributed by atoms with van der Waals surface area (Å²) in [6.45, 7) is 0.286. The van der Waals surface area contributed by atoms with Crippen molar-refractivity contribution < 1.29 is 14.5 Å². The molecule has 3 aromatic rings. The second kappa shape index (κ2) is 6.76. The van der Waals surface area contributed by atoms with Gasteiger partial charge in [-0.3, -0.25) is 19.7 Å². The molecule has 1 aliphatic rings. The molecule has 1 aliphatic carbocycles. The third-order valence-electron chi connectivity index (χ3n) is 4.94. The number of hydrogen-bond acceptors (Lipinski definition) is 5. The van der Waals surface area contributed by atoms with Gasteiger partial charge < -0.3 is 9.30 Å². The first-order valence-electron chi connectivity index (χ1n) is 8.62. The summed E-state index contributed by atoms with van der Waals surface area (Å²) in [6, 6.07) is 9.14. The van der Waals surface area contributed by atoms with Crippen LogP contribution in [0.4, 0.5) is 5.69 Å². The highest BCUT2D eigenvalue weighted by Crippen LogP contribution is 2.44. The van der Waals surface area contributed by atoms with Gasteiger partial charge in [-0.05, 0) is 18.6 Å². The van der Waals surface area contributed by atoms with Gasteiger partial charge in [0.15, 0.2) is 5.78 Å². The number of carbonyl (C=O) groups excluding carboxylic acids is 1. The van der Waals surface area contributed by atoms with Gasteiger partial charge in [0.2, 0.25) is 0 Å². The van der Waals surface area contributed by atoms with Crippen molar-refractivity contribution in [2.24, 2.45) is 0 Å². The van der Waals surface area contributed by atoms with Crippen molar-refractivity contribution in [3.05, 3.63) is 68.0 Å². The molecule has 28 heavy (non-hydrogen) atoms. The summed E-state index contributed by atoms with van der Waals surface area (Å²) in [5, 5.41) is 11.7. The van der Waals surface area contributed by atoms with Crippen molar-refractivity contribution in [1.29, 1.82) is 0 Å². The van der Waals surface area contributed by atoms with Crippen LogP contribution in [0.25, 0.3) is 22.0 Å². The van der Waals surface area contributed by atoms with E-state index < -0.39 is 10.5 Å². The van der Waals surface area contributed by atoms with E-state index in [1.807, 2.05) is 0 Å². The van der Waals surface area contributed by atoms with Crippen LogP contribution in [0.2, 0.25) is 0 Å². The number of ether oxygens (including phenoxy) is 1. The number of nitro benzene ring substituents is 1. The Morgan fingerprint density at radius 2 is 1.93 bits per heavy atom. The van der Waals surface area contributed by atoms with E-state index in [9.17, 15) is 19.7 Å². The molecular formula is C20H15ClN2O5. The van der Waals surface area contributed by atoms with Gasteiger partial charge in [-0.1, -0.05) is 12.1 Å². The zero-order chi connectivity index (χ0) is 20.0. The Labute approximate surface area is 164 Å². The summed E-state index contributed by atoms with van der Waals surface area (Å²) in [6.07, 6.45) is 0.507. The van der Waals surface area contributed by atoms with E-state index in [1.54, 1.807) is 18.2 Å². The maximum absolute atomic E-state index is 13.2. The zero-order valence-corrected chi connectivity index (χ0v) is 15.7. The van der Waals surface area contributed by atoms with Crippen molar-refractivity contribution in [1.82, 2.24) is 4.57 Å². The van der Waals surface area contributed by atoms with E-state index >= 15 is 0 Å². The Morgan fingerprint density at radius 1 is 1.14 bits per heavy atom. The molecule has 8 heteroatoms. The molecule has 0 aliphatic heterocycles. The number of halogens is 1. The molecule has 0 atom stereocenters. The fourth-order valence-corrected chi connectivity index (χ4v) is 3.86. The molecule has 2 aromatic carbocycles. The summed E-state index contributed by atoms with van der Waals surface area (Å²) in [5.41, 5.74) is 1.26. The lowest BCUT2D eigenvalue weighted by molar-refractivity contribution is -0.384. The molecule has 0 saturated heterocycles. The maximum Gasteiger partial charge on any atom is 0.270 e. The van der Waals surface area contributed by atoms with Crippen molar-refractivity contribution in [3.63, 3.8) is 0 Å². The Morgan fingerprint density at radius 3 is 2.61 bits per heavy atom. The smallest absolute Gasteiger partial charge is 0.270 e. The number of carbonyl (C=O) groups is 1. The quantitative estimate of drug-likeness (QED) is 0.290. The van der Waals surface area contributed by atoms with E-state index in [4.69, 9.17) is 16.3 Å². The molecular weight excluding hydrogens is 384 g/mol. The number of nitro groups is 1. The van der Waals surface area contributed by atoms with Crippen LogP contribution in [-0.4, -0.2) is 28.3 Å². The predicted molar refractivity (Wildman–Crippen MR) is 106 cm³/mol. The number of fused-ring (bicyclic) bond motifs is 5. The number of alkyl halides is 1. The van der Waals surface area contributed by atoms with Crippen LogP contribution >= 0.6 is 11.6 Å². The Hall–Kier alpha value is -3.19. The number of methoxy groups -OCH3 is 1. The molecule has 4 rings (SSSR count). The molecule has 0 fully saturated rings. The van der Waals surface area contributed by atoms with Crippen LogP contribution in [0, 0.1) is 10.1 Å². The highest BCUT2D eigenvalue weighted by atomic mass is 35.5. The van der Waals surface area contributed by atoms with Crippen LogP contribution in [0.3, 0.4) is 0 Å². The summed E-state index contributed by atoms with van der Waals surface area (Å²) < 4.78 is 6.92. The second-order valence-electron chi connectivity index (χ2n) is 6.42. The third kappa shape index (κ3) is 2.51. The average Bonchev–Trinajstić information content (AvgIpc) is 3.00. The monoisotopic (exact) mass is 398 g/mol. The maximum atomic E-state index is 13.2. The van der Waals surface area contributed by atoms with Crippen LogP contribution in [0.1, 0.15) is 22.3 Å². The minimum Gasteiger partial charge on any atom is -0.496 e. The number of pyridine rings is 1. The molecule has 0 saturated carbocycles. The topological polar surface area (TPSA) is 91.4 Å². The normalized spacial score (nSPS) is 12.1. The van der Waals surface area contributed by atoms with Crippen molar-refractivity contribution >= 4 is 33.8 Å². The first-order valence-corrected chi connectivity index (χ1v) is 9.16. The molecule has 0 amide bonds. The minimum absolute atomic E-state index is 0.141. The van der Waals surface area contributed by atoms with Gasteiger partial charge in [-0.2, -0.15) is 0 Å². The van der Waals surface area contributed by atoms with Gasteiger partial charge in [0.25, 0.3) is 11.2 Å². The number of non-ortho nitro benzene ring substituents is 1. The average molecular weight is 399 g/mol. The van der Waals surface area contributed by atoms with Crippen LogP contribution < -0.4 is 10.3 Å². The van der Waals surface area contributed by atoms with Crippen LogP contribution in [0.15, 0.2) is 41.2 Å². The highest BCUT2D eigenvalue weighted by molar-refractivity contribution is 6.27. The number of benzene rings is 2. The highest BCUT2D eigenvalue weighted by Gasteiger charge is 2.35. The van der Waals surface area contributed by atoms with E-state index in [0.29, 0.717) is 45.8 Å². The molecule has 0 unspecified atom stereocenters. The van der Waals surface area contributed by atoms with Gasteiger partial charge in [0.1, 0.15) is 5.75 Å². The van der Waals surface area contributed by atoms with E-state index in [-0.39, 0.29) is 23.4 Å². The molecule has 0 N–H and O–H groups in total. The number of aromatic nitrogens is 1. The Kier molecular flexibility index (Phi) is 4.39. The molecule has 1 aromatic heterocycles. The first kappa shape index (κ1) is 18.2. The third-order valence-corrected chi connectivity index (χ3v) is 5.20. The minimum atomic E-state index is -0.561. The number of nitrogens with zero attached hydrogens (tertiary/aromatic N) is 2. The van der Waals surface area contributed by atoms with Gasteiger partial charge in [0, 0.05) is 35.5 Å². The standard InChI is InChI=1S/C20H15ClN2O5/c1-28-15-5-2-4-13-16(15)18-17(19(13)24)12-7-6-11(23(26)27)10-14(12)20(25)22(18)9-3-8-21/h2,4-7,10H,3,8-9H2,1H3. The van der Waals surface area contributed by atoms with Gasteiger partial charge in [-0.25, -0.2) is 0 Å². The van der Waals surface area contributed by atoms with Gasteiger partial charge in [0.05, 0.1) is 34.2 Å². The first-order chi connectivity index (χ1) is 13.5. The van der Waals surface area contributed by atoms with E-state index in [0.717, 1.165) is 0 Å². The fraction of sp³-hybridized carbons (Fsp3) is 0.200. The number of ketones is 1. The lowest BCUT2D eigenvalue weighted by atomic mass is 10.0. The second-order valence-corrected chi connectivity index (χ2v) is 6.80. The summed E-state index contributed by atoms with van der Waals surface area (Å²) in [4.78, 5) is 37.0. The Bertz CT molecular complexity index is 1220. The van der Waals surface area contributed by atoms with Crippen molar-refractivity contribution in [2.45, 2.75) is 13.0 Å². The number of hydrogen-bond donors (Lipinski definition) is 0. The molecule has 1 heterocycles. The molecule has 0 radical (unpaired) electrons. The molecule has 0 spiro atoms. The van der Waals surface area contributed by atoms with Crippen LogP contribution in [0.5, 0.6) is 5.75 Å². The zero-order valence-electron chi connectivity index (χ0n) is 14.9. The summed E-state index contributed by atoms with van der Waals surface area (Å²) in [7, 11) is 1.50. The predicted octanol–water partition coefficient (Wildman–Crippen LogP) is 3.76. The van der Waals surface area contributed by atoms with E-state index in [1.165, 1.54) is 29.9 Å². The fourth-order valence-electron chi connectivity index (χ4n) is 3.74. The van der Waals surface area contributed by atoms with Crippen molar-refractivity contribution in [2.75, 3.05) is 13.0 Å². The van der Waals surface area contributed by atoms with Crippen molar-refractivity contribution in [3.8, 4) is 17.0 Å². The summed E-state index contributed by atoms with van der Waals surface area (Å²) >= 11 is 5.83. The van der Waals surface area contributed by atoms with Crippen LogP contribution in [-0.2, 0) is 6.54 Å². The van der Waals surface area contributed by atoms with E-state index in [2.05, 4.69) is 0 Å². The van der Waals surface area contributed by atoms with Gasteiger partial charge >= 0.3 is 0 Å². The number of rotatable bonds is 5. The molecule has 0 bridgehead atoms. The Balaban J connectivity index is 2.16. The lowest BCUT2D eigenvalue weighted by Gasteiger charge is -2.16. The summed E-state index contributed by atoms with van der Waals surface area (Å²) in [5.74, 6) is 0.591. The molecule has 142 valence electrons. The molecule has 7 nitrogen and oxygen atoms in total. The SMILES string of the molecule is COc1cccc2c1-c1c(c3ccc([N+](=O)[O-])cc3c(=O)n1CCCCl)C2=O. The lowest BCUT2D eigenvalue weighted by Crippen LogP contribution is -2.24. The van der Waals surface area contributed by atoms with Gasteiger partial charge in [-0.15, -0.1) is 11.6 Å².